The van der Waals surface area contributed by atoms with Crippen molar-refractivity contribution in [1.29, 1.82) is 0 Å². The molecule has 2 unspecified atom stereocenters. The largest absolute Gasteiger partial charge is 0.391 e. The van der Waals surface area contributed by atoms with E-state index in [-0.39, 0.29) is 6.61 Å². The van der Waals surface area contributed by atoms with Gasteiger partial charge in [0, 0.05) is 7.11 Å². The highest BCUT2D eigenvalue weighted by atomic mass is 16.5. The normalized spacial score (nSPS) is 15.2. The first-order chi connectivity index (χ1) is 9.74. The summed E-state index contributed by atoms with van der Waals surface area (Å²) in [5.74, 6) is -2.11. The molecule has 0 saturated carbocycles. The Kier molecular flexibility index (Phi) is 8.32. The molecule has 0 radical (unpaired) electrons. The average Bonchev–Trinajstić information content (AvgIpc) is 2.45. The first-order valence-corrected chi connectivity index (χ1v) is 6.10. The van der Waals surface area contributed by atoms with Crippen LogP contribution in [0.2, 0.25) is 0 Å². The van der Waals surface area contributed by atoms with Crippen molar-refractivity contribution in [2.24, 2.45) is 0 Å². The van der Waals surface area contributed by atoms with Gasteiger partial charge in [-0.1, -0.05) is 0 Å². The van der Waals surface area contributed by atoms with Crippen LogP contribution >= 0.6 is 0 Å². The highest BCUT2D eigenvalue weighted by molar-refractivity contribution is 5.83. The van der Waals surface area contributed by atoms with Crippen molar-refractivity contribution in [3.05, 3.63) is 0 Å². The maximum atomic E-state index is 11.7. The summed E-state index contributed by atoms with van der Waals surface area (Å²) in [7, 11) is 1.31. The molecule has 2 atom stereocenters. The molecule has 0 aliphatic carbocycles. The summed E-state index contributed by atoms with van der Waals surface area (Å²) in [5.41, 5.74) is -2.21. The number of ether oxygens (including phenoxy) is 1. The van der Waals surface area contributed by atoms with Gasteiger partial charge in [0.2, 0.25) is 0 Å². The van der Waals surface area contributed by atoms with Crippen LogP contribution in [0.3, 0.4) is 0 Å². The minimum absolute atomic E-state index is 0.169. The average molecular weight is 310 g/mol. The summed E-state index contributed by atoms with van der Waals surface area (Å²) in [6.07, 6.45) is -1.21. The minimum Gasteiger partial charge on any atom is -0.391 e. The Hall–Kier alpha value is -1.30. The minimum atomic E-state index is -2.21. The van der Waals surface area contributed by atoms with E-state index in [1.165, 1.54) is 7.11 Å². The number of aliphatic hydroxyl groups excluding tert-OH is 4. The van der Waals surface area contributed by atoms with Crippen LogP contribution < -0.4 is 0 Å². The van der Waals surface area contributed by atoms with Crippen molar-refractivity contribution in [2.75, 3.05) is 40.1 Å². The molecular formula is C11H22N2O8. The standard InChI is InChI=1S/C11H22N2O8/c1-11(20,7-16)13(10(19)5-15)12(9(18)4-14)3-8(17)6-21-2/h8,14-17,20H,3-7H2,1-2H3. The highest BCUT2D eigenvalue weighted by Gasteiger charge is 2.39. The van der Waals surface area contributed by atoms with Crippen molar-refractivity contribution in [3.63, 3.8) is 0 Å². The Labute approximate surface area is 121 Å². The van der Waals surface area contributed by atoms with E-state index in [1.54, 1.807) is 0 Å². The predicted molar refractivity (Wildman–Crippen MR) is 68.3 cm³/mol. The molecule has 10 nitrogen and oxygen atoms in total. The Morgan fingerprint density at radius 2 is 1.71 bits per heavy atom. The van der Waals surface area contributed by atoms with Gasteiger partial charge in [-0.05, 0) is 6.92 Å². The molecule has 0 aromatic carbocycles. The molecule has 5 N–H and O–H groups in total. The Balaban J connectivity index is 5.47. The molecule has 0 aliphatic rings. The van der Waals surface area contributed by atoms with Gasteiger partial charge in [-0.25, -0.2) is 10.0 Å². The van der Waals surface area contributed by atoms with E-state index in [0.29, 0.717) is 10.0 Å². The smallest absolute Gasteiger partial charge is 0.269 e. The van der Waals surface area contributed by atoms with E-state index < -0.39 is 50.0 Å². The molecule has 10 heteroatoms. The zero-order chi connectivity index (χ0) is 16.6. The molecule has 0 bridgehead atoms. The number of methoxy groups -OCH3 is 1. The molecular weight excluding hydrogens is 288 g/mol. The van der Waals surface area contributed by atoms with Crippen LogP contribution in [-0.2, 0) is 14.3 Å². The van der Waals surface area contributed by atoms with Crippen LogP contribution in [-0.4, -0.2) is 99.3 Å². The van der Waals surface area contributed by atoms with Gasteiger partial charge < -0.3 is 30.3 Å². The van der Waals surface area contributed by atoms with Crippen LogP contribution in [0.5, 0.6) is 0 Å². The molecule has 0 heterocycles. The summed E-state index contributed by atoms with van der Waals surface area (Å²) >= 11 is 0. The zero-order valence-corrected chi connectivity index (χ0v) is 12.0. The maximum absolute atomic E-state index is 11.7. The van der Waals surface area contributed by atoms with E-state index in [1.807, 2.05) is 0 Å². The van der Waals surface area contributed by atoms with Crippen LogP contribution in [0.25, 0.3) is 0 Å². The molecule has 21 heavy (non-hydrogen) atoms. The molecule has 0 aliphatic heterocycles. The number of hydrogen-bond donors (Lipinski definition) is 5. The highest BCUT2D eigenvalue weighted by Crippen LogP contribution is 2.16. The number of carbonyl (C=O) groups excluding carboxylic acids is 2. The summed E-state index contributed by atoms with van der Waals surface area (Å²) < 4.78 is 4.68. The van der Waals surface area contributed by atoms with E-state index in [9.17, 15) is 19.8 Å². The Bertz CT molecular complexity index is 349. The van der Waals surface area contributed by atoms with Crippen molar-refractivity contribution in [1.82, 2.24) is 10.0 Å². The van der Waals surface area contributed by atoms with E-state index in [4.69, 9.17) is 15.3 Å². The van der Waals surface area contributed by atoms with Crippen LogP contribution in [0.15, 0.2) is 0 Å². The number of hydrazine groups is 1. The lowest BCUT2D eigenvalue weighted by molar-refractivity contribution is -0.227. The zero-order valence-electron chi connectivity index (χ0n) is 12.0. The van der Waals surface area contributed by atoms with Gasteiger partial charge in [0.15, 0.2) is 5.72 Å². The number of carbonyl (C=O) groups is 2. The lowest BCUT2D eigenvalue weighted by Crippen LogP contribution is -2.64. The fourth-order valence-corrected chi connectivity index (χ4v) is 1.62. The van der Waals surface area contributed by atoms with Gasteiger partial charge in [0.05, 0.1) is 25.9 Å². The number of hydrogen-bond acceptors (Lipinski definition) is 8. The van der Waals surface area contributed by atoms with Gasteiger partial charge in [0.1, 0.15) is 13.2 Å². The third-order valence-corrected chi connectivity index (χ3v) is 2.53. The second kappa shape index (κ2) is 8.87. The number of nitrogens with zero attached hydrogens (tertiary/aromatic N) is 2. The summed E-state index contributed by atoms with van der Waals surface area (Å²) in [4.78, 5) is 23.5. The van der Waals surface area contributed by atoms with Crippen LogP contribution in [0.1, 0.15) is 6.92 Å². The third kappa shape index (κ3) is 5.53. The second-order valence-corrected chi connectivity index (χ2v) is 4.48. The summed E-state index contributed by atoms with van der Waals surface area (Å²) in [6, 6.07) is 0. The molecule has 2 amide bonds. The van der Waals surface area contributed by atoms with Gasteiger partial charge in [0.25, 0.3) is 11.8 Å². The van der Waals surface area contributed by atoms with Crippen LogP contribution in [0, 0.1) is 0 Å². The molecule has 0 spiro atoms. The fourth-order valence-electron chi connectivity index (χ4n) is 1.62. The maximum Gasteiger partial charge on any atom is 0.269 e. The Morgan fingerprint density at radius 1 is 1.19 bits per heavy atom. The van der Waals surface area contributed by atoms with Crippen LogP contribution in [0.4, 0.5) is 0 Å². The molecule has 0 fully saturated rings. The van der Waals surface area contributed by atoms with E-state index >= 15 is 0 Å². The first kappa shape index (κ1) is 19.7. The van der Waals surface area contributed by atoms with Gasteiger partial charge >= 0.3 is 0 Å². The second-order valence-electron chi connectivity index (χ2n) is 4.48. The Morgan fingerprint density at radius 3 is 2.10 bits per heavy atom. The first-order valence-electron chi connectivity index (χ1n) is 6.10. The molecule has 0 saturated heterocycles. The summed E-state index contributed by atoms with van der Waals surface area (Å²) in [5, 5.41) is 47.6. The molecule has 0 rings (SSSR count). The number of amides is 2. The lowest BCUT2D eigenvalue weighted by atomic mass is 10.2. The van der Waals surface area contributed by atoms with E-state index in [2.05, 4.69) is 4.74 Å². The molecule has 0 aromatic rings. The topological polar surface area (TPSA) is 151 Å². The molecule has 0 aromatic heterocycles. The lowest BCUT2D eigenvalue weighted by Gasteiger charge is -2.43. The van der Waals surface area contributed by atoms with Crippen molar-refractivity contribution in [3.8, 4) is 0 Å². The molecule has 124 valence electrons. The fraction of sp³-hybridized carbons (Fsp3) is 0.818. The van der Waals surface area contributed by atoms with Gasteiger partial charge in [-0.15, -0.1) is 0 Å². The predicted octanol–water partition coefficient (Wildman–Crippen LogP) is -3.75. The third-order valence-electron chi connectivity index (χ3n) is 2.53. The van der Waals surface area contributed by atoms with Crippen molar-refractivity contribution < 1.29 is 39.9 Å². The van der Waals surface area contributed by atoms with E-state index in [0.717, 1.165) is 6.92 Å². The number of aliphatic hydroxyl groups is 5. The van der Waals surface area contributed by atoms with Crippen molar-refractivity contribution in [2.45, 2.75) is 18.8 Å². The SMILES string of the molecule is COCC(O)CN(C(=O)CO)N(C(=O)CO)C(C)(O)CO. The van der Waals surface area contributed by atoms with Gasteiger partial charge in [-0.3, -0.25) is 9.59 Å². The van der Waals surface area contributed by atoms with Crippen molar-refractivity contribution >= 4 is 11.8 Å². The van der Waals surface area contributed by atoms with Gasteiger partial charge in [-0.2, -0.15) is 0 Å². The summed E-state index contributed by atoms with van der Waals surface area (Å²) in [6.45, 7) is -2.62. The quantitative estimate of drug-likeness (QED) is 0.226. The number of rotatable bonds is 8. The monoisotopic (exact) mass is 310 g/mol.